The van der Waals surface area contributed by atoms with Gasteiger partial charge in [-0.1, -0.05) is 49.9 Å². The second kappa shape index (κ2) is 13.7. The number of likely N-dealkylation sites (tertiary alicyclic amines) is 2. The van der Waals surface area contributed by atoms with Gasteiger partial charge in [-0.2, -0.15) is 5.26 Å². The number of carboxylic acids is 1. The average Bonchev–Trinajstić information content (AvgIpc) is 3.37. The van der Waals surface area contributed by atoms with E-state index in [1.807, 2.05) is 18.2 Å². The molecule has 0 aromatic heterocycles. The fraction of sp³-hybridized carbons (Fsp3) is 0.588. The fourth-order valence-corrected chi connectivity index (χ4v) is 7.67. The Hall–Kier alpha value is -2.75. The second-order valence-electron chi connectivity index (χ2n) is 12.5. The molecule has 3 fully saturated rings. The summed E-state index contributed by atoms with van der Waals surface area (Å²) in [6.07, 6.45) is 11.3. The number of carbonyl (C=O) groups is 1. The maximum absolute atomic E-state index is 14.2. The van der Waals surface area contributed by atoms with Crippen molar-refractivity contribution in [1.82, 2.24) is 9.80 Å². The molecular formula is C34H44FN3O2. The van der Waals surface area contributed by atoms with E-state index < -0.39 is 12.0 Å². The van der Waals surface area contributed by atoms with Crippen LogP contribution in [-0.4, -0.2) is 59.6 Å². The molecule has 0 radical (unpaired) electrons. The molecule has 1 saturated carbocycles. The molecule has 0 spiro atoms. The first-order chi connectivity index (χ1) is 19.5. The molecule has 5 rings (SSSR count). The average molecular weight is 546 g/mol. The number of nitrogens with zero attached hydrogens (tertiary/aromatic N) is 3. The number of piperidine rings is 1. The highest BCUT2D eigenvalue weighted by atomic mass is 19.1. The van der Waals surface area contributed by atoms with Gasteiger partial charge in [0.05, 0.1) is 11.6 Å². The van der Waals surface area contributed by atoms with Crippen molar-refractivity contribution in [2.75, 3.05) is 32.7 Å². The van der Waals surface area contributed by atoms with Crippen molar-refractivity contribution in [3.63, 3.8) is 0 Å². The first-order valence-corrected chi connectivity index (χ1v) is 15.4. The normalized spacial score (nSPS) is 24.1. The summed E-state index contributed by atoms with van der Waals surface area (Å²) in [4.78, 5) is 17.3. The standard InChI is InChI=1S/C34H44FN3O2/c35-31-11-5-10-29(20-31)32-24-38(33(34(39)40)28-8-2-1-3-9-28)23-30(32)22-37-18-16-26(17-19-37)7-4-6-25-12-14-27(21-36)15-13-25/h5,10-15,20,26,28,30,32-33H,1-4,6-9,16-19,22-24H2,(H,39,40)/t30-,32+,33+/m0/s1. The third-order valence-corrected chi connectivity index (χ3v) is 9.85. The minimum absolute atomic E-state index is 0.159. The number of aliphatic carboxylic acids is 1. The molecule has 3 aliphatic rings. The van der Waals surface area contributed by atoms with Crippen molar-refractivity contribution in [3.05, 3.63) is 71.0 Å². The van der Waals surface area contributed by atoms with Crippen LogP contribution in [0.5, 0.6) is 0 Å². The molecule has 6 heteroatoms. The molecule has 0 unspecified atom stereocenters. The molecule has 2 aliphatic heterocycles. The van der Waals surface area contributed by atoms with Crippen molar-refractivity contribution in [3.8, 4) is 6.07 Å². The molecule has 3 atom stereocenters. The summed E-state index contributed by atoms with van der Waals surface area (Å²) >= 11 is 0. The molecule has 2 saturated heterocycles. The molecule has 5 nitrogen and oxygen atoms in total. The summed E-state index contributed by atoms with van der Waals surface area (Å²) in [6, 6.07) is 16.7. The Labute approximate surface area is 239 Å². The Balaban J connectivity index is 1.17. The van der Waals surface area contributed by atoms with Crippen molar-refractivity contribution >= 4 is 5.97 Å². The maximum Gasteiger partial charge on any atom is 0.321 e. The molecule has 2 aromatic rings. The van der Waals surface area contributed by atoms with Crippen LogP contribution in [0.15, 0.2) is 48.5 Å². The zero-order chi connectivity index (χ0) is 27.9. The van der Waals surface area contributed by atoms with Crippen LogP contribution in [0.25, 0.3) is 0 Å². The molecule has 214 valence electrons. The van der Waals surface area contributed by atoms with Gasteiger partial charge in [0.2, 0.25) is 0 Å². The zero-order valence-electron chi connectivity index (χ0n) is 23.7. The third-order valence-electron chi connectivity index (χ3n) is 9.85. The molecule has 1 aliphatic carbocycles. The van der Waals surface area contributed by atoms with E-state index in [0.717, 1.165) is 69.8 Å². The van der Waals surface area contributed by atoms with Crippen molar-refractivity contribution < 1.29 is 14.3 Å². The summed E-state index contributed by atoms with van der Waals surface area (Å²) in [5, 5.41) is 19.3. The van der Waals surface area contributed by atoms with E-state index in [2.05, 4.69) is 28.0 Å². The van der Waals surface area contributed by atoms with Gasteiger partial charge in [0.25, 0.3) is 0 Å². The largest absolute Gasteiger partial charge is 0.480 e. The van der Waals surface area contributed by atoms with Gasteiger partial charge >= 0.3 is 5.97 Å². The van der Waals surface area contributed by atoms with Crippen LogP contribution >= 0.6 is 0 Å². The lowest BCUT2D eigenvalue weighted by Crippen LogP contribution is -2.46. The summed E-state index contributed by atoms with van der Waals surface area (Å²) < 4.78 is 14.2. The highest BCUT2D eigenvalue weighted by Gasteiger charge is 2.43. The molecule has 1 N–H and O–H groups in total. The molecule has 0 amide bonds. The van der Waals surface area contributed by atoms with Gasteiger partial charge in [0.15, 0.2) is 0 Å². The van der Waals surface area contributed by atoms with Gasteiger partial charge in [-0.05, 0) is 105 Å². The van der Waals surface area contributed by atoms with Crippen LogP contribution in [0.1, 0.15) is 80.4 Å². The van der Waals surface area contributed by atoms with E-state index >= 15 is 0 Å². The number of carboxylic acid groups (broad SMARTS) is 1. The SMILES string of the molecule is N#Cc1ccc(CCCC2CCN(C[C@H]3CN([C@@H](C(=O)O)C4CCCCC4)C[C@@H]3c3cccc(F)c3)CC2)cc1. The lowest BCUT2D eigenvalue weighted by molar-refractivity contribution is -0.145. The first kappa shape index (κ1) is 28.8. The van der Waals surface area contributed by atoms with E-state index in [9.17, 15) is 14.3 Å². The van der Waals surface area contributed by atoms with E-state index in [1.165, 1.54) is 43.7 Å². The third kappa shape index (κ3) is 7.30. The van der Waals surface area contributed by atoms with E-state index in [4.69, 9.17) is 5.26 Å². The number of hydrogen-bond donors (Lipinski definition) is 1. The Kier molecular flexibility index (Phi) is 9.88. The fourth-order valence-electron chi connectivity index (χ4n) is 7.67. The number of rotatable bonds is 10. The first-order valence-electron chi connectivity index (χ1n) is 15.4. The van der Waals surface area contributed by atoms with Gasteiger partial charge < -0.3 is 10.0 Å². The quantitative estimate of drug-likeness (QED) is 0.370. The molecule has 2 aromatic carbocycles. The van der Waals surface area contributed by atoms with Gasteiger partial charge in [-0.25, -0.2) is 4.39 Å². The van der Waals surface area contributed by atoms with Gasteiger partial charge in [-0.3, -0.25) is 9.69 Å². The summed E-state index contributed by atoms with van der Waals surface area (Å²) in [5.41, 5.74) is 3.03. The molecule has 2 heterocycles. The summed E-state index contributed by atoms with van der Waals surface area (Å²) in [5.74, 6) is 0.534. The van der Waals surface area contributed by atoms with Crippen molar-refractivity contribution in [2.24, 2.45) is 17.8 Å². The predicted octanol–water partition coefficient (Wildman–Crippen LogP) is 6.48. The van der Waals surface area contributed by atoms with Gasteiger partial charge in [0.1, 0.15) is 11.9 Å². The highest BCUT2D eigenvalue weighted by molar-refractivity contribution is 5.74. The lowest BCUT2D eigenvalue weighted by atomic mass is 9.83. The Morgan fingerprint density at radius 2 is 1.77 bits per heavy atom. The van der Waals surface area contributed by atoms with E-state index in [1.54, 1.807) is 12.1 Å². The van der Waals surface area contributed by atoms with Crippen LogP contribution < -0.4 is 0 Å². The van der Waals surface area contributed by atoms with E-state index in [-0.39, 0.29) is 17.7 Å². The summed E-state index contributed by atoms with van der Waals surface area (Å²) in [7, 11) is 0. The maximum atomic E-state index is 14.2. The highest BCUT2D eigenvalue weighted by Crippen LogP contribution is 2.39. The van der Waals surface area contributed by atoms with Crippen molar-refractivity contribution in [1.29, 1.82) is 5.26 Å². The lowest BCUT2D eigenvalue weighted by Gasteiger charge is -2.35. The number of hydrogen-bond acceptors (Lipinski definition) is 4. The molecule has 40 heavy (non-hydrogen) atoms. The number of halogens is 1. The van der Waals surface area contributed by atoms with E-state index in [0.29, 0.717) is 18.0 Å². The monoisotopic (exact) mass is 545 g/mol. The minimum atomic E-state index is -0.688. The molecule has 0 bridgehead atoms. The van der Waals surface area contributed by atoms with Crippen LogP contribution in [0, 0.1) is 34.9 Å². The second-order valence-corrected chi connectivity index (χ2v) is 12.5. The van der Waals surface area contributed by atoms with Crippen molar-refractivity contribution in [2.45, 2.75) is 76.2 Å². The number of nitriles is 1. The summed E-state index contributed by atoms with van der Waals surface area (Å²) in [6.45, 7) is 4.59. The topological polar surface area (TPSA) is 67.6 Å². The predicted molar refractivity (Wildman–Crippen MR) is 155 cm³/mol. The van der Waals surface area contributed by atoms with Crippen LogP contribution in [0.4, 0.5) is 4.39 Å². The molecular weight excluding hydrogens is 501 g/mol. The number of aryl methyl sites for hydroxylation is 1. The Morgan fingerprint density at radius 3 is 2.45 bits per heavy atom. The number of benzene rings is 2. The van der Waals surface area contributed by atoms with Gasteiger partial charge in [-0.15, -0.1) is 0 Å². The smallest absolute Gasteiger partial charge is 0.321 e. The van der Waals surface area contributed by atoms with Crippen LogP contribution in [-0.2, 0) is 11.2 Å². The van der Waals surface area contributed by atoms with Gasteiger partial charge in [0, 0.05) is 25.6 Å². The van der Waals surface area contributed by atoms with Crippen LogP contribution in [0.2, 0.25) is 0 Å². The minimum Gasteiger partial charge on any atom is -0.480 e. The Bertz CT molecular complexity index is 1150. The Morgan fingerprint density at radius 1 is 1.02 bits per heavy atom. The van der Waals surface area contributed by atoms with Crippen LogP contribution in [0.3, 0.4) is 0 Å². The zero-order valence-corrected chi connectivity index (χ0v) is 23.7.